The van der Waals surface area contributed by atoms with Gasteiger partial charge in [0.05, 0.1) is 25.5 Å². The number of rotatable bonds is 7. The Morgan fingerprint density at radius 3 is 2.57 bits per heavy atom. The van der Waals surface area contributed by atoms with Crippen molar-refractivity contribution in [2.75, 3.05) is 13.7 Å². The number of benzene rings is 2. The number of hydrogen-bond donors (Lipinski definition) is 1. The summed E-state index contributed by atoms with van der Waals surface area (Å²) in [6, 6.07) is 15.6. The Kier molecular flexibility index (Phi) is 5.48. The summed E-state index contributed by atoms with van der Waals surface area (Å²) in [5, 5.41) is 7.49. The molecule has 3 aromatic rings. The quantitative estimate of drug-likeness (QED) is 0.611. The number of aromatic amines is 1. The van der Waals surface area contributed by atoms with E-state index >= 15 is 0 Å². The molecule has 0 radical (unpaired) electrons. The monoisotopic (exact) mass is 405 g/mol. The van der Waals surface area contributed by atoms with Gasteiger partial charge >= 0.3 is 0 Å². The second kappa shape index (κ2) is 8.22. The summed E-state index contributed by atoms with van der Waals surface area (Å²) in [5.41, 5.74) is 4.21. The Morgan fingerprint density at radius 2 is 1.90 bits per heavy atom. The second-order valence-electron chi connectivity index (χ2n) is 7.69. The van der Waals surface area contributed by atoms with Crippen LogP contribution in [0.25, 0.3) is 11.3 Å². The van der Waals surface area contributed by atoms with E-state index in [0.717, 1.165) is 28.8 Å². The van der Waals surface area contributed by atoms with Crippen LogP contribution in [0.2, 0.25) is 0 Å². The number of amides is 1. The van der Waals surface area contributed by atoms with Gasteiger partial charge in [0.1, 0.15) is 5.69 Å². The van der Waals surface area contributed by atoms with Gasteiger partial charge in [-0.3, -0.25) is 9.89 Å². The summed E-state index contributed by atoms with van der Waals surface area (Å²) >= 11 is 0. The van der Waals surface area contributed by atoms with Crippen molar-refractivity contribution in [3.63, 3.8) is 0 Å². The highest BCUT2D eigenvalue weighted by Gasteiger charge is 2.43. The van der Waals surface area contributed by atoms with E-state index in [2.05, 4.69) is 17.1 Å². The second-order valence-corrected chi connectivity index (χ2v) is 7.69. The van der Waals surface area contributed by atoms with Gasteiger partial charge in [0.25, 0.3) is 5.91 Å². The number of nitrogens with zero attached hydrogens (tertiary/aromatic N) is 2. The molecule has 2 heterocycles. The van der Waals surface area contributed by atoms with Crippen LogP contribution in [0.5, 0.6) is 11.5 Å². The number of methoxy groups -OCH3 is 1. The van der Waals surface area contributed by atoms with Crippen molar-refractivity contribution in [2.24, 2.45) is 0 Å². The zero-order valence-corrected chi connectivity index (χ0v) is 17.8. The molecule has 1 aromatic heterocycles. The maximum absolute atomic E-state index is 13.2. The van der Waals surface area contributed by atoms with Crippen LogP contribution < -0.4 is 9.47 Å². The van der Waals surface area contributed by atoms with Gasteiger partial charge in [0, 0.05) is 17.2 Å². The molecular weight excluding hydrogens is 378 g/mol. The molecular formula is C24H27N3O3. The van der Waals surface area contributed by atoms with E-state index in [4.69, 9.17) is 9.47 Å². The molecule has 156 valence electrons. The van der Waals surface area contributed by atoms with Crippen molar-refractivity contribution in [1.29, 1.82) is 0 Å². The molecule has 6 nitrogen and oxygen atoms in total. The molecule has 1 N–H and O–H groups in total. The SMILES string of the molecule is CCCOc1ccc(C2c3c(-c4ccccc4)n[nH]c3C(=O)N2C(C)C)cc1OC. The van der Waals surface area contributed by atoms with E-state index in [1.807, 2.05) is 67.3 Å². The number of hydrogen-bond acceptors (Lipinski definition) is 4. The van der Waals surface area contributed by atoms with Crippen LogP contribution in [-0.2, 0) is 0 Å². The van der Waals surface area contributed by atoms with Gasteiger partial charge in [-0.25, -0.2) is 0 Å². The van der Waals surface area contributed by atoms with Crippen LogP contribution in [0.1, 0.15) is 54.8 Å². The number of carbonyl (C=O) groups is 1. The highest BCUT2D eigenvalue weighted by Crippen LogP contribution is 2.45. The van der Waals surface area contributed by atoms with Crippen LogP contribution in [-0.4, -0.2) is 40.8 Å². The van der Waals surface area contributed by atoms with Gasteiger partial charge in [0.15, 0.2) is 11.5 Å². The maximum atomic E-state index is 13.2. The molecule has 0 fully saturated rings. The molecule has 0 saturated carbocycles. The summed E-state index contributed by atoms with van der Waals surface area (Å²) in [5.74, 6) is 1.33. The number of H-pyrrole nitrogens is 1. The zero-order chi connectivity index (χ0) is 21.3. The first-order valence-electron chi connectivity index (χ1n) is 10.3. The van der Waals surface area contributed by atoms with Crippen molar-refractivity contribution >= 4 is 5.91 Å². The average molecular weight is 405 g/mol. The van der Waals surface area contributed by atoms with Gasteiger partial charge in [-0.15, -0.1) is 0 Å². The summed E-state index contributed by atoms with van der Waals surface area (Å²) in [6.07, 6.45) is 0.919. The molecule has 1 aliphatic rings. The van der Waals surface area contributed by atoms with E-state index in [0.29, 0.717) is 23.8 Å². The Morgan fingerprint density at radius 1 is 1.13 bits per heavy atom. The van der Waals surface area contributed by atoms with Gasteiger partial charge in [0.2, 0.25) is 0 Å². The number of nitrogens with one attached hydrogen (secondary N) is 1. The van der Waals surface area contributed by atoms with Crippen LogP contribution >= 0.6 is 0 Å². The highest BCUT2D eigenvalue weighted by atomic mass is 16.5. The number of fused-ring (bicyclic) bond motifs is 1. The van der Waals surface area contributed by atoms with Crippen LogP contribution in [0.4, 0.5) is 0 Å². The molecule has 1 aliphatic heterocycles. The average Bonchev–Trinajstić information content (AvgIpc) is 3.31. The predicted octanol–water partition coefficient (Wildman–Crippen LogP) is 4.83. The third-order valence-electron chi connectivity index (χ3n) is 5.37. The Labute approximate surface area is 176 Å². The van der Waals surface area contributed by atoms with Crippen molar-refractivity contribution in [2.45, 2.75) is 39.3 Å². The minimum atomic E-state index is -0.254. The van der Waals surface area contributed by atoms with Gasteiger partial charge in [-0.1, -0.05) is 43.3 Å². The molecule has 4 rings (SSSR count). The summed E-state index contributed by atoms with van der Waals surface area (Å²) in [6.45, 7) is 6.75. The molecule has 1 amide bonds. The van der Waals surface area contributed by atoms with E-state index < -0.39 is 0 Å². The van der Waals surface area contributed by atoms with E-state index in [-0.39, 0.29) is 18.0 Å². The van der Waals surface area contributed by atoms with Crippen LogP contribution in [0.3, 0.4) is 0 Å². The predicted molar refractivity (Wildman–Crippen MR) is 116 cm³/mol. The third kappa shape index (κ3) is 3.32. The normalized spacial score (nSPS) is 15.6. The molecule has 1 unspecified atom stereocenters. The standard InChI is InChI=1S/C24H27N3O3/c1-5-13-30-18-12-11-17(14-19(18)29-4)23-20-21(16-9-7-6-8-10-16)25-26-22(20)24(28)27(23)15(2)3/h6-12,14-15,23H,5,13H2,1-4H3,(H,25,26). The summed E-state index contributed by atoms with van der Waals surface area (Å²) in [4.78, 5) is 15.1. The molecule has 0 saturated heterocycles. The molecule has 6 heteroatoms. The lowest BCUT2D eigenvalue weighted by Gasteiger charge is -2.30. The fourth-order valence-electron chi connectivity index (χ4n) is 4.03. The first-order valence-corrected chi connectivity index (χ1v) is 10.3. The topological polar surface area (TPSA) is 67.5 Å². The van der Waals surface area contributed by atoms with Crippen molar-refractivity contribution in [3.05, 3.63) is 65.4 Å². The smallest absolute Gasteiger partial charge is 0.273 e. The lowest BCUT2D eigenvalue weighted by atomic mass is 9.95. The first kappa shape index (κ1) is 20.0. The maximum Gasteiger partial charge on any atom is 0.273 e. The van der Waals surface area contributed by atoms with Crippen molar-refractivity contribution < 1.29 is 14.3 Å². The summed E-state index contributed by atoms with van der Waals surface area (Å²) in [7, 11) is 1.64. The molecule has 30 heavy (non-hydrogen) atoms. The third-order valence-corrected chi connectivity index (χ3v) is 5.37. The molecule has 0 aliphatic carbocycles. The summed E-state index contributed by atoms with van der Waals surface area (Å²) < 4.78 is 11.4. The van der Waals surface area contributed by atoms with Gasteiger partial charge in [-0.05, 0) is 38.0 Å². The lowest BCUT2D eigenvalue weighted by molar-refractivity contribution is 0.0687. The first-order chi connectivity index (χ1) is 14.6. The van der Waals surface area contributed by atoms with Crippen molar-refractivity contribution in [3.8, 4) is 22.8 Å². The molecule has 0 bridgehead atoms. The Hall–Kier alpha value is -3.28. The van der Waals surface area contributed by atoms with Crippen LogP contribution in [0.15, 0.2) is 48.5 Å². The minimum Gasteiger partial charge on any atom is -0.493 e. The molecule has 2 aromatic carbocycles. The van der Waals surface area contributed by atoms with E-state index in [1.54, 1.807) is 7.11 Å². The number of carbonyl (C=O) groups excluding carboxylic acids is 1. The van der Waals surface area contributed by atoms with E-state index in [9.17, 15) is 4.79 Å². The number of ether oxygens (including phenoxy) is 2. The Bertz CT molecular complexity index is 1040. The fraction of sp³-hybridized carbons (Fsp3) is 0.333. The zero-order valence-electron chi connectivity index (χ0n) is 17.8. The lowest BCUT2D eigenvalue weighted by Crippen LogP contribution is -2.35. The van der Waals surface area contributed by atoms with Crippen molar-refractivity contribution in [1.82, 2.24) is 15.1 Å². The molecule has 0 spiro atoms. The largest absolute Gasteiger partial charge is 0.493 e. The highest BCUT2D eigenvalue weighted by molar-refractivity contribution is 6.00. The van der Waals surface area contributed by atoms with Gasteiger partial charge < -0.3 is 14.4 Å². The minimum absolute atomic E-state index is 0.0222. The Balaban J connectivity index is 1.85. The molecule has 1 atom stereocenters. The van der Waals surface area contributed by atoms with E-state index in [1.165, 1.54) is 0 Å². The number of aromatic nitrogens is 2. The van der Waals surface area contributed by atoms with Crippen LogP contribution in [0, 0.1) is 0 Å². The van der Waals surface area contributed by atoms with Gasteiger partial charge in [-0.2, -0.15) is 5.10 Å². The fourth-order valence-corrected chi connectivity index (χ4v) is 4.03.